The predicted octanol–water partition coefficient (Wildman–Crippen LogP) is 1.63. The first-order valence-corrected chi connectivity index (χ1v) is 6.77. The summed E-state index contributed by atoms with van der Waals surface area (Å²) in [7, 11) is 0. The predicted molar refractivity (Wildman–Crippen MR) is 64.8 cm³/mol. The fraction of sp³-hybridized carbons (Fsp3) is 0.923. The molecule has 1 spiro atoms. The van der Waals surface area contributed by atoms with Crippen molar-refractivity contribution in [3.8, 4) is 0 Å². The number of ether oxygens (including phenoxy) is 2. The smallest absolute Gasteiger partial charge is 0.307 e. The normalized spacial score (nSPS) is 26.5. The van der Waals surface area contributed by atoms with Crippen LogP contribution in [0.2, 0.25) is 0 Å². The second kappa shape index (κ2) is 5.83. The van der Waals surface area contributed by atoms with Crippen LogP contribution in [-0.2, 0) is 14.3 Å². The minimum absolute atomic E-state index is 0.106. The summed E-state index contributed by atoms with van der Waals surface area (Å²) in [5.41, 5.74) is 0.180. The fourth-order valence-corrected chi connectivity index (χ4v) is 2.73. The molecule has 98 valence electrons. The van der Waals surface area contributed by atoms with E-state index in [4.69, 9.17) is 9.47 Å². The molecule has 0 bridgehead atoms. The topological polar surface area (TPSA) is 47.6 Å². The van der Waals surface area contributed by atoms with Gasteiger partial charge in [-0.15, -0.1) is 0 Å². The van der Waals surface area contributed by atoms with E-state index in [9.17, 15) is 4.79 Å². The van der Waals surface area contributed by atoms with Crippen molar-refractivity contribution in [2.45, 2.75) is 57.1 Å². The minimum atomic E-state index is -0.106. The number of hydrogen-bond acceptors (Lipinski definition) is 4. The molecule has 2 rings (SSSR count). The molecule has 1 aliphatic carbocycles. The Bertz CT molecular complexity index is 263. The molecule has 2 aliphatic rings. The lowest BCUT2D eigenvalue weighted by atomic mass is 9.74. The van der Waals surface area contributed by atoms with Crippen molar-refractivity contribution < 1.29 is 14.3 Å². The zero-order valence-electron chi connectivity index (χ0n) is 10.7. The van der Waals surface area contributed by atoms with Crippen LogP contribution in [0.4, 0.5) is 0 Å². The van der Waals surface area contributed by atoms with E-state index in [0.29, 0.717) is 19.1 Å². The zero-order valence-corrected chi connectivity index (χ0v) is 10.7. The summed E-state index contributed by atoms with van der Waals surface area (Å²) in [5, 5.41) is 3.45. The Morgan fingerprint density at radius 1 is 1.53 bits per heavy atom. The van der Waals surface area contributed by atoms with E-state index in [2.05, 4.69) is 5.32 Å². The quantitative estimate of drug-likeness (QED) is 0.743. The van der Waals surface area contributed by atoms with E-state index in [1.807, 2.05) is 6.92 Å². The van der Waals surface area contributed by atoms with Crippen LogP contribution >= 0.6 is 0 Å². The van der Waals surface area contributed by atoms with Crippen LogP contribution in [0.25, 0.3) is 0 Å². The lowest BCUT2D eigenvalue weighted by Gasteiger charge is -2.47. The summed E-state index contributed by atoms with van der Waals surface area (Å²) in [6.07, 6.45) is 6.36. The van der Waals surface area contributed by atoms with Gasteiger partial charge >= 0.3 is 5.97 Å². The molecule has 17 heavy (non-hydrogen) atoms. The summed E-state index contributed by atoms with van der Waals surface area (Å²) in [4.78, 5) is 11.2. The van der Waals surface area contributed by atoms with E-state index >= 15 is 0 Å². The highest BCUT2D eigenvalue weighted by atomic mass is 16.5. The van der Waals surface area contributed by atoms with Gasteiger partial charge in [0.1, 0.15) is 0 Å². The Balaban J connectivity index is 1.63. The van der Waals surface area contributed by atoms with Gasteiger partial charge in [-0.05, 0) is 39.0 Å². The van der Waals surface area contributed by atoms with E-state index in [1.165, 1.54) is 19.3 Å². The Kier molecular flexibility index (Phi) is 4.40. The summed E-state index contributed by atoms with van der Waals surface area (Å²) in [5.74, 6) is -0.106. The van der Waals surface area contributed by atoms with Gasteiger partial charge in [0, 0.05) is 19.2 Å². The third-order valence-electron chi connectivity index (χ3n) is 3.83. The molecule has 1 unspecified atom stereocenters. The Morgan fingerprint density at radius 2 is 2.35 bits per heavy atom. The maximum absolute atomic E-state index is 11.2. The molecule has 1 N–H and O–H groups in total. The molecular formula is C13H23NO3. The van der Waals surface area contributed by atoms with Crippen LogP contribution in [0.5, 0.6) is 0 Å². The molecule has 1 saturated carbocycles. The maximum atomic E-state index is 11.2. The third kappa shape index (κ3) is 3.42. The first-order chi connectivity index (χ1) is 8.24. The number of carbonyl (C=O) groups is 1. The summed E-state index contributed by atoms with van der Waals surface area (Å²) >= 11 is 0. The summed E-state index contributed by atoms with van der Waals surface area (Å²) < 4.78 is 10.8. The van der Waals surface area contributed by atoms with Crippen LogP contribution < -0.4 is 5.32 Å². The van der Waals surface area contributed by atoms with Crippen LogP contribution in [0.15, 0.2) is 0 Å². The van der Waals surface area contributed by atoms with E-state index in [0.717, 1.165) is 26.0 Å². The van der Waals surface area contributed by atoms with E-state index < -0.39 is 0 Å². The SMILES string of the molecule is CCOC(=O)CCNC1CCOC2(CCC2)C1. The van der Waals surface area contributed by atoms with Gasteiger partial charge in [-0.1, -0.05) is 0 Å². The molecule has 2 fully saturated rings. The Labute approximate surface area is 103 Å². The Hall–Kier alpha value is -0.610. The highest BCUT2D eigenvalue weighted by Crippen LogP contribution is 2.42. The van der Waals surface area contributed by atoms with Crippen LogP contribution in [0, 0.1) is 0 Å². The standard InChI is InChI=1S/C13H23NO3/c1-2-16-12(15)4-8-14-11-5-9-17-13(10-11)6-3-7-13/h11,14H,2-10H2,1H3. The molecule has 0 amide bonds. The Morgan fingerprint density at radius 3 is 3.00 bits per heavy atom. The van der Waals surface area contributed by atoms with E-state index in [1.54, 1.807) is 0 Å². The minimum Gasteiger partial charge on any atom is -0.466 e. The second-order valence-electron chi connectivity index (χ2n) is 5.08. The lowest BCUT2D eigenvalue weighted by molar-refractivity contribution is -0.143. The average molecular weight is 241 g/mol. The van der Waals surface area contributed by atoms with Crippen molar-refractivity contribution in [2.75, 3.05) is 19.8 Å². The average Bonchev–Trinajstić information content (AvgIpc) is 2.28. The molecule has 1 heterocycles. The highest BCUT2D eigenvalue weighted by molar-refractivity contribution is 5.69. The first-order valence-electron chi connectivity index (χ1n) is 6.77. The number of nitrogens with one attached hydrogen (secondary N) is 1. The maximum Gasteiger partial charge on any atom is 0.307 e. The molecule has 4 nitrogen and oxygen atoms in total. The number of esters is 1. The number of rotatable bonds is 5. The molecule has 0 aromatic carbocycles. The molecule has 1 aliphatic heterocycles. The molecule has 1 atom stereocenters. The van der Waals surface area contributed by atoms with Gasteiger partial charge in [-0.2, -0.15) is 0 Å². The van der Waals surface area contributed by atoms with Crippen molar-refractivity contribution in [1.29, 1.82) is 0 Å². The molecule has 0 radical (unpaired) electrons. The second-order valence-corrected chi connectivity index (χ2v) is 5.08. The zero-order chi connectivity index (χ0) is 12.1. The third-order valence-corrected chi connectivity index (χ3v) is 3.83. The molecular weight excluding hydrogens is 218 g/mol. The summed E-state index contributed by atoms with van der Waals surface area (Å²) in [6, 6.07) is 0.512. The van der Waals surface area contributed by atoms with Gasteiger partial charge < -0.3 is 14.8 Å². The fourth-order valence-electron chi connectivity index (χ4n) is 2.73. The largest absolute Gasteiger partial charge is 0.466 e. The highest BCUT2D eigenvalue weighted by Gasteiger charge is 2.42. The van der Waals surface area contributed by atoms with Crippen molar-refractivity contribution in [3.63, 3.8) is 0 Å². The van der Waals surface area contributed by atoms with E-state index in [-0.39, 0.29) is 11.6 Å². The molecule has 0 aromatic heterocycles. The van der Waals surface area contributed by atoms with Crippen molar-refractivity contribution in [3.05, 3.63) is 0 Å². The first kappa shape index (κ1) is 12.8. The van der Waals surface area contributed by atoms with Gasteiger partial charge in [0.05, 0.1) is 18.6 Å². The van der Waals surface area contributed by atoms with Gasteiger partial charge in [0.25, 0.3) is 0 Å². The molecule has 4 heteroatoms. The molecule has 1 saturated heterocycles. The van der Waals surface area contributed by atoms with Crippen molar-refractivity contribution in [2.24, 2.45) is 0 Å². The number of hydrogen-bond donors (Lipinski definition) is 1. The van der Waals surface area contributed by atoms with Gasteiger partial charge in [-0.25, -0.2) is 0 Å². The monoisotopic (exact) mass is 241 g/mol. The van der Waals surface area contributed by atoms with Gasteiger partial charge in [0.15, 0.2) is 0 Å². The van der Waals surface area contributed by atoms with Crippen LogP contribution in [-0.4, -0.2) is 37.4 Å². The lowest BCUT2D eigenvalue weighted by Crippen LogP contribution is -2.51. The van der Waals surface area contributed by atoms with Crippen molar-refractivity contribution >= 4 is 5.97 Å². The summed E-state index contributed by atoms with van der Waals surface area (Å²) in [6.45, 7) is 3.89. The van der Waals surface area contributed by atoms with Gasteiger partial charge in [0.2, 0.25) is 0 Å². The van der Waals surface area contributed by atoms with Crippen LogP contribution in [0.3, 0.4) is 0 Å². The number of carbonyl (C=O) groups excluding carboxylic acids is 1. The van der Waals surface area contributed by atoms with Gasteiger partial charge in [-0.3, -0.25) is 4.79 Å². The van der Waals surface area contributed by atoms with Crippen molar-refractivity contribution in [1.82, 2.24) is 5.32 Å². The van der Waals surface area contributed by atoms with Crippen LogP contribution in [0.1, 0.15) is 45.4 Å². The molecule has 0 aromatic rings.